The Morgan fingerprint density at radius 2 is 0.971 bits per heavy atom. The molecule has 6 aromatic carbocycles. The highest BCUT2D eigenvalue weighted by molar-refractivity contribution is 6.21. The third kappa shape index (κ3) is 3.17. The molecule has 1 heteroatoms. The normalized spacial score (nSPS) is 14.6. The van der Waals surface area contributed by atoms with Crippen LogP contribution in [0.2, 0.25) is 0 Å². The van der Waals surface area contributed by atoms with Gasteiger partial charge in [-0.3, -0.25) is 0 Å². The van der Waals surface area contributed by atoms with Crippen molar-refractivity contribution in [3.8, 4) is 33.4 Å². The van der Waals surface area contributed by atoms with Gasteiger partial charge in [0, 0.05) is 10.9 Å². The first kappa shape index (κ1) is 13.3. The molecule has 1 heterocycles. The van der Waals surface area contributed by atoms with Crippen molar-refractivity contribution in [2.24, 2.45) is 0 Å². The van der Waals surface area contributed by atoms with Crippen molar-refractivity contribution in [2.45, 2.75) is 0 Å². The third-order valence-electron chi connectivity index (χ3n) is 6.36. The van der Waals surface area contributed by atoms with E-state index in [4.69, 9.17) is 12.6 Å². The second-order valence-electron chi connectivity index (χ2n) is 8.31. The van der Waals surface area contributed by atoms with Gasteiger partial charge in [-0.2, -0.15) is 0 Å². The van der Waals surface area contributed by atoms with Crippen LogP contribution >= 0.6 is 0 Å². The number of para-hydroxylation sites is 1. The lowest BCUT2D eigenvalue weighted by molar-refractivity contribution is 0.617. The van der Waals surface area contributed by atoms with Crippen LogP contribution in [0.15, 0.2) is 138 Å². The Balaban J connectivity index is 1.59. The fourth-order valence-electron chi connectivity index (χ4n) is 4.83. The molecule has 0 fully saturated rings. The number of fused-ring (bicyclic) bond motifs is 3. The van der Waals surface area contributed by atoms with Gasteiger partial charge in [0.2, 0.25) is 0 Å². The average Bonchev–Trinajstić information content (AvgIpc) is 3.47. The smallest absolute Gasteiger partial charge is 0.134 e. The van der Waals surface area contributed by atoms with Crippen LogP contribution in [0.5, 0.6) is 0 Å². The first-order valence-electron chi connectivity index (χ1n) is 15.3. The molecule has 0 atom stereocenters. The van der Waals surface area contributed by atoms with Crippen molar-refractivity contribution in [3.63, 3.8) is 0 Å². The van der Waals surface area contributed by atoms with Crippen LogP contribution in [0.4, 0.5) is 0 Å². The van der Waals surface area contributed by atoms with Gasteiger partial charge in [0.25, 0.3) is 0 Å². The van der Waals surface area contributed by atoms with Crippen molar-refractivity contribution in [2.75, 3.05) is 0 Å². The molecule has 0 aliphatic carbocycles. The first-order valence-corrected chi connectivity index (χ1v) is 11.3. The van der Waals surface area contributed by atoms with Crippen molar-refractivity contribution in [1.82, 2.24) is 0 Å². The molecule has 7 rings (SSSR count). The summed E-state index contributed by atoms with van der Waals surface area (Å²) in [6.45, 7) is 0. The monoisotopic (exact) mass is 454 g/mol. The zero-order valence-corrected chi connectivity index (χ0v) is 18.5. The highest BCUT2D eigenvalue weighted by atomic mass is 16.3. The van der Waals surface area contributed by atoms with Gasteiger partial charge in [-0.1, -0.05) is 121 Å². The zero-order chi connectivity index (χ0) is 30.2. The van der Waals surface area contributed by atoms with Gasteiger partial charge in [-0.25, -0.2) is 0 Å². The molecule has 0 spiro atoms. The van der Waals surface area contributed by atoms with Gasteiger partial charge in [0.05, 0.1) is 17.2 Å². The highest BCUT2D eigenvalue weighted by Crippen LogP contribution is 2.44. The summed E-state index contributed by atoms with van der Waals surface area (Å²) in [5.74, 6) is 0. The number of furan rings is 1. The minimum Gasteiger partial charge on any atom is -0.464 e. The molecule has 0 unspecified atom stereocenters. The molecule has 0 saturated carbocycles. The SMILES string of the molecule is [2H]c1c([2H])c(-c2coc3c([2H])c([2H])c([2H])c([2H])c23)c([2H])c([2H])c1-c1c2ccccc2c(-c2ccccc2)c2ccccc12. The van der Waals surface area contributed by atoms with E-state index in [0.717, 1.165) is 32.7 Å². The average molecular weight is 455 g/mol. The number of benzene rings is 6. The molecular formula is C34H22O. The van der Waals surface area contributed by atoms with E-state index >= 15 is 0 Å². The minimum absolute atomic E-state index is 0.0164. The third-order valence-corrected chi connectivity index (χ3v) is 6.36. The standard InChI is InChI=1S/C34H22O/c1-2-10-24(11-3-1)33-27-13-4-6-15-29(27)34(30-16-7-5-14-28(30)33)25-20-18-23(19-21-25)31-22-35-32-17-9-8-12-26(31)32/h1-22H/i8D,9D,12D,17D,18D,19D,20D,21D. The summed E-state index contributed by atoms with van der Waals surface area (Å²) in [6, 6.07) is 22.7. The maximum absolute atomic E-state index is 9.19. The molecule has 0 aliphatic rings. The molecule has 0 radical (unpaired) electrons. The van der Waals surface area contributed by atoms with E-state index in [2.05, 4.69) is 0 Å². The predicted octanol–water partition coefficient (Wildman–Crippen LogP) is 9.74. The van der Waals surface area contributed by atoms with Gasteiger partial charge in [-0.15, -0.1) is 0 Å². The predicted molar refractivity (Wildman–Crippen MR) is 148 cm³/mol. The molecule has 164 valence electrons. The molecule has 0 N–H and O–H groups in total. The Morgan fingerprint density at radius 1 is 0.457 bits per heavy atom. The van der Waals surface area contributed by atoms with E-state index in [0.29, 0.717) is 5.56 Å². The lowest BCUT2D eigenvalue weighted by atomic mass is 9.86. The van der Waals surface area contributed by atoms with Crippen LogP contribution in [-0.2, 0) is 0 Å². The van der Waals surface area contributed by atoms with Crippen LogP contribution < -0.4 is 0 Å². The fraction of sp³-hybridized carbons (Fsp3) is 0. The largest absolute Gasteiger partial charge is 0.464 e. The van der Waals surface area contributed by atoms with Crippen LogP contribution in [-0.4, -0.2) is 0 Å². The summed E-state index contributed by atoms with van der Waals surface area (Å²) in [5.41, 5.74) is 2.68. The topological polar surface area (TPSA) is 13.1 Å². The van der Waals surface area contributed by atoms with Gasteiger partial charge in [-0.05, 0) is 55.4 Å². The molecular weight excluding hydrogens is 424 g/mol. The maximum atomic E-state index is 9.19. The van der Waals surface area contributed by atoms with Crippen LogP contribution in [0.1, 0.15) is 11.0 Å². The van der Waals surface area contributed by atoms with E-state index in [1.165, 1.54) is 6.26 Å². The molecule has 1 aromatic heterocycles. The van der Waals surface area contributed by atoms with Crippen LogP contribution in [0.25, 0.3) is 65.9 Å². The highest BCUT2D eigenvalue weighted by Gasteiger charge is 2.16. The molecule has 0 bridgehead atoms. The van der Waals surface area contributed by atoms with Gasteiger partial charge >= 0.3 is 0 Å². The maximum Gasteiger partial charge on any atom is 0.134 e. The van der Waals surface area contributed by atoms with Crippen molar-refractivity contribution >= 4 is 32.5 Å². The van der Waals surface area contributed by atoms with E-state index in [1.807, 2.05) is 78.9 Å². The van der Waals surface area contributed by atoms with Crippen molar-refractivity contribution in [1.29, 1.82) is 0 Å². The molecule has 0 amide bonds. The van der Waals surface area contributed by atoms with Crippen LogP contribution in [0.3, 0.4) is 0 Å². The Hall–Kier alpha value is -4.62. The van der Waals surface area contributed by atoms with E-state index < -0.39 is 12.1 Å². The summed E-state index contributed by atoms with van der Waals surface area (Å²) >= 11 is 0. The summed E-state index contributed by atoms with van der Waals surface area (Å²) in [7, 11) is 0. The molecule has 7 aromatic rings. The molecule has 0 saturated heterocycles. The summed E-state index contributed by atoms with van der Waals surface area (Å²) in [6.07, 6.45) is 1.18. The number of hydrogen-bond acceptors (Lipinski definition) is 1. The summed E-state index contributed by atoms with van der Waals surface area (Å²) in [4.78, 5) is 0. The van der Waals surface area contributed by atoms with Crippen molar-refractivity contribution in [3.05, 3.63) is 133 Å². The van der Waals surface area contributed by atoms with Crippen LogP contribution in [0, 0.1) is 0 Å². The van der Waals surface area contributed by atoms with E-state index in [1.54, 1.807) is 0 Å². The minimum atomic E-state index is -0.469. The first-order chi connectivity index (χ1) is 20.7. The van der Waals surface area contributed by atoms with Gasteiger partial charge in [0.1, 0.15) is 5.58 Å². The summed E-state index contributed by atoms with van der Waals surface area (Å²) < 4.78 is 74.8. The van der Waals surface area contributed by atoms with Gasteiger partial charge < -0.3 is 4.42 Å². The summed E-state index contributed by atoms with van der Waals surface area (Å²) in [5, 5.41) is 3.43. The van der Waals surface area contributed by atoms with E-state index in [-0.39, 0.29) is 63.9 Å². The number of rotatable bonds is 3. The second-order valence-corrected chi connectivity index (χ2v) is 8.31. The quantitative estimate of drug-likeness (QED) is 0.242. The lowest BCUT2D eigenvalue weighted by Crippen LogP contribution is -1.90. The number of hydrogen-bond donors (Lipinski definition) is 0. The lowest BCUT2D eigenvalue weighted by Gasteiger charge is -2.17. The molecule has 35 heavy (non-hydrogen) atoms. The Labute approximate surface area is 215 Å². The van der Waals surface area contributed by atoms with Crippen molar-refractivity contribution < 1.29 is 15.4 Å². The Morgan fingerprint density at radius 3 is 1.60 bits per heavy atom. The molecule has 0 aliphatic heterocycles. The molecule has 1 nitrogen and oxygen atoms in total. The fourth-order valence-corrected chi connectivity index (χ4v) is 4.83. The van der Waals surface area contributed by atoms with Gasteiger partial charge in [0.15, 0.2) is 0 Å². The van der Waals surface area contributed by atoms with E-state index in [9.17, 15) is 2.74 Å². The Bertz CT molecular complexity index is 2190. The Kier molecular flexibility index (Phi) is 3.04. The zero-order valence-electron chi connectivity index (χ0n) is 26.5. The second kappa shape index (κ2) is 8.00.